The maximum absolute atomic E-state index is 15.5. The second-order valence-corrected chi connectivity index (χ2v) is 19.8. The van der Waals surface area contributed by atoms with Crippen molar-refractivity contribution in [3.05, 3.63) is 109 Å². The molecular weight excluding hydrogens is 900 g/mol. The van der Waals surface area contributed by atoms with Crippen molar-refractivity contribution in [3.8, 4) is 5.69 Å². The Labute approximate surface area is 363 Å². The van der Waals surface area contributed by atoms with E-state index in [4.69, 9.17) is 16.6 Å². The molecule has 3 aliphatic rings. The first-order valence-electron chi connectivity index (χ1n) is 20.1. The number of sulfonamides is 1. The van der Waals surface area contributed by atoms with Crippen LogP contribution >= 0.6 is 11.6 Å². The van der Waals surface area contributed by atoms with Gasteiger partial charge in [0, 0.05) is 24.0 Å². The van der Waals surface area contributed by atoms with Gasteiger partial charge in [-0.1, -0.05) is 38.4 Å². The number of anilines is 1. The minimum atomic E-state index is -4.07. The number of benzene rings is 3. The fourth-order valence-corrected chi connectivity index (χ4v) is 10.2. The Kier molecular flexibility index (Phi) is 10.4. The lowest BCUT2D eigenvalue weighted by atomic mass is 9.86. The third kappa shape index (κ3) is 7.66. The third-order valence-electron chi connectivity index (χ3n) is 11.8. The van der Waals surface area contributed by atoms with Crippen LogP contribution in [0, 0.1) is 17.6 Å². The zero-order chi connectivity index (χ0) is 45.9. The number of aromatic nitrogens is 6. The van der Waals surface area contributed by atoms with E-state index in [-0.39, 0.29) is 55.9 Å². The minimum Gasteiger partial charge on any atom is -0.344 e. The molecule has 22 heteroatoms. The van der Waals surface area contributed by atoms with Gasteiger partial charge < -0.3 is 5.32 Å². The molecule has 64 heavy (non-hydrogen) atoms. The van der Waals surface area contributed by atoms with Gasteiger partial charge in [-0.3, -0.25) is 28.2 Å². The van der Waals surface area contributed by atoms with Crippen LogP contribution < -0.4 is 15.6 Å². The first-order chi connectivity index (χ1) is 30.0. The molecule has 12 nitrogen and oxygen atoms in total. The molecule has 2 saturated carbocycles. The van der Waals surface area contributed by atoms with Gasteiger partial charge in [-0.05, 0) is 78.1 Å². The molecule has 0 radical (unpaired) electrons. The number of nitrogens with one attached hydrogen (secondary N) is 2. The standard InChI is InChI=1S/C42H37ClF8N8O4S/c1-41(2,3)19-4-7-23-27(13-19)53-39(59(40(23)61)29-9-8-26(43)33-35(29)57(16-30(46)47)55-38(33)56-64(62,63)22-5-6-22)28(12-18-10-20(44)14-21(45)11-18)52-31(60)17-58-36-32(34(54-58)37(48)49)24-15-25(24)42(36,50)51/h4,7-11,13-14,22,24-25,28,30,37H,5-6,12,15-17H2,1-3H3,(H,52,60)(H,55,56)/t24-,25+,28?/m0/s1. The quantitative estimate of drug-likeness (QED) is 0.110. The molecule has 2 fully saturated rings. The van der Waals surface area contributed by atoms with Crippen LogP contribution in [0.1, 0.15) is 92.3 Å². The summed E-state index contributed by atoms with van der Waals surface area (Å²) in [5.41, 5.74) is -3.26. The third-order valence-corrected chi connectivity index (χ3v) is 13.9. The second kappa shape index (κ2) is 15.3. The summed E-state index contributed by atoms with van der Waals surface area (Å²) in [6, 6.07) is 8.08. The van der Waals surface area contributed by atoms with Gasteiger partial charge in [-0.15, -0.1) is 0 Å². The van der Waals surface area contributed by atoms with Crippen LogP contribution in [0.4, 0.5) is 40.9 Å². The molecule has 3 aromatic carbocycles. The Bertz CT molecular complexity index is 3070. The number of hydrogen-bond donors (Lipinski definition) is 2. The molecular formula is C42H37ClF8N8O4S. The number of rotatable bonds is 13. The Morgan fingerprint density at radius 1 is 0.984 bits per heavy atom. The van der Waals surface area contributed by atoms with Gasteiger partial charge in [0.15, 0.2) is 5.82 Å². The first-order valence-corrected chi connectivity index (χ1v) is 22.0. The van der Waals surface area contributed by atoms with Crippen molar-refractivity contribution < 1.29 is 48.3 Å². The maximum Gasteiger partial charge on any atom is 0.293 e. The Hall–Kier alpha value is -5.57. The van der Waals surface area contributed by atoms with Gasteiger partial charge in [0.1, 0.15) is 41.9 Å². The number of halogens is 9. The highest BCUT2D eigenvalue weighted by molar-refractivity contribution is 7.93. The fourth-order valence-electron chi connectivity index (χ4n) is 8.63. The van der Waals surface area contributed by atoms with E-state index < -0.39 is 117 Å². The van der Waals surface area contributed by atoms with Gasteiger partial charge in [-0.2, -0.15) is 19.0 Å². The molecule has 0 spiro atoms. The summed E-state index contributed by atoms with van der Waals surface area (Å²) < 4.78 is 148. The van der Waals surface area contributed by atoms with Crippen molar-refractivity contribution in [2.24, 2.45) is 5.92 Å². The Morgan fingerprint density at radius 3 is 2.33 bits per heavy atom. The molecule has 3 aromatic heterocycles. The number of amides is 1. The smallest absolute Gasteiger partial charge is 0.293 e. The molecule has 338 valence electrons. The van der Waals surface area contributed by atoms with Crippen LogP contribution in [0.2, 0.25) is 5.02 Å². The van der Waals surface area contributed by atoms with Crippen molar-refractivity contribution in [1.82, 2.24) is 34.4 Å². The topological polar surface area (TPSA) is 146 Å². The van der Waals surface area contributed by atoms with Crippen molar-refractivity contribution >= 4 is 55.2 Å². The summed E-state index contributed by atoms with van der Waals surface area (Å²) in [5.74, 6) is -9.65. The van der Waals surface area contributed by atoms with E-state index >= 15 is 13.6 Å². The van der Waals surface area contributed by atoms with Crippen LogP contribution in [0.5, 0.6) is 0 Å². The van der Waals surface area contributed by atoms with E-state index in [0.717, 1.165) is 21.4 Å². The summed E-state index contributed by atoms with van der Waals surface area (Å²) in [7, 11) is -4.07. The highest BCUT2D eigenvalue weighted by Crippen LogP contribution is 2.68. The molecule has 1 unspecified atom stereocenters. The molecule has 0 saturated heterocycles. The SMILES string of the molecule is CC(C)(C)c1ccc2c(=O)n(-c3ccc(Cl)c4c(NS(=O)(=O)C5CC5)nn(CC(F)F)c34)c(C(Cc3cc(F)cc(F)c3)NC(=O)Cn3nc(C(F)F)c4c3C(F)(F)[C@@H]3C[C@H]43)nc2c1. The van der Waals surface area contributed by atoms with Crippen LogP contribution in [0.25, 0.3) is 27.5 Å². The molecule has 9 rings (SSSR count). The van der Waals surface area contributed by atoms with Crippen molar-refractivity contribution in [2.45, 2.75) is 101 Å². The lowest BCUT2D eigenvalue weighted by Gasteiger charge is -2.25. The molecule has 3 heterocycles. The largest absolute Gasteiger partial charge is 0.344 e. The zero-order valence-corrected chi connectivity index (χ0v) is 35.5. The van der Waals surface area contributed by atoms with Gasteiger partial charge in [0.2, 0.25) is 15.9 Å². The van der Waals surface area contributed by atoms with Crippen molar-refractivity contribution in [3.63, 3.8) is 0 Å². The van der Waals surface area contributed by atoms with E-state index in [2.05, 4.69) is 20.2 Å². The average molecular weight is 937 g/mol. The fraction of sp³-hybridized carbons (Fsp3) is 0.405. The van der Waals surface area contributed by atoms with E-state index in [9.17, 15) is 39.6 Å². The van der Waals surface area contributed by atoms with Gasteiger partial charge >= 0.3 is 0 Å². The lowest BCUT2D eigenvalue weighted by Crippen LogP contribution is -2.38. The van der Waals surface area contributed by atoms with Gasteiger partial charge in [-0.25, -0.2) is 39.7 Å². The molecule has 0 aliphatic heterocycles. The van der Waals surface area contributed by atoms with Gasteiger partial charge in [0.25, 0.3) is 24.3 Å². The van der Waals surface area contributed by atoms with Crippen molar-refractivity contribution in [2.75, 3.05) is 4.72 Å². The predicted octanol–water partition coefficient (Wildman–Crippen LogP) is 8.58. The number of carbonyl (C=O) groups excluding carboxylic acids is 1. The second-order valence-electron chi connectivity index (χ2n) is 17.4. The lowest BCUT2D eigenvalue weighted by molar-refractivity contribution is -0.123. The summed E-state index contributed by atoms with van der Waals surface area (Å²) in [5, 5.41) is 9.35. The predicted molar refractivity (Wildman–Crippen MR) is 219 cm³/mol. The number of alkyl halides is 6. The molecule has 3 aliphatic carbocycles. The normalized spacial score (nSPS) is 18.5. The van der Waals surface area contributed by atoms with Crippen LogP contribution in [-0.2, 0) is 45.7 Å². The molecule has 2 N–H and O–H groups in total. The summed E-state index contributed by atoms with van der Waals surface area (Å²) in [6.07, 6.45) is -6.22. The van der Waals surface area contributed by atoms with Crippen molar-refractivity contribution in [1.29, 1.82) is 0 Å². The van der Waals surface area contributed by atoms with Crippen LogP contribution in [0.3, 0.4) is 0 Å². The number of nitrogens with zero attached hydrogens (tertiary/aromatic N) is 6. The Balaban J connectivity index is 1.27. The molecule has 1 amide bonds. The Morgan fingerprint density at radius 2 is 1.69 bits per heavy atom. The van der Waals surface area contributed by atoms with E-state index in [1.165, 1.54) is 18.2 Å². The highest BCUT2D eigenvalue weighted by Gasteiger charge is 2.67. The number of hydrogen-bond acceptors (Lipinski definition) is 7. The van der Waals surface area contributed by atoms with Crippen LogP contribution in [0.15, 0.2) is 53.3 Å². The maximum atomic E-state index is 15.5. The zero-order valence-electron chi connectivity index (χ0n) is 34.0. The molecule has 3 atom stereocenters. The highest BCUT2D eigenvalue weighted by atomic mass is 35.5. The number of carbonyl (C=O) groups is 1. The van der Waals surface area contributed by atoms with E-state index in [1.807, 2.05) is 20.8 Å². The first kappa shape index (κ1) is 43.7. The van der Waals surface area contributed by atoms with Crippen LogP contribution in [-0.4, -0.2) is 55.1 Å². The molecule has 6 aromatic rings. The van der Waals surface area contributed by atoms with Gasteiger partial charge in [0.05, 0.1) is 43.8 Å². The molecule has 0 bridgehead atoms. The average Bonchev–Trinajstić information content (AvgIpc) is 4.11. The van der Waals surface area contributed by atoms with E-state index in [0.29, 0.717) is 29.2 Å². The van der Waals surface area contributed by atoms with E-state index in [1.54, 1.807) is 12.1 Å². The number of fused-ring (bicyclic) bond motifs is 5. The summed E-state index contributed by atoms with van der Waals surface area (Å²) in [4.78, 5) is 34.0. The monoisotopic (exact) mass is 936 g/mol. The summed E-state index contributed by atoms with van der Waals surface area (Å²) in [6.45, 7) is 3.50. The summed E-state index contributed by atoms with van der Waals surface area (Å²) >= 11 is 6.65. The minimum absolute atomic E-state index is 0.0243.